The number of hydrogen-bond acceptors (Lipinski definition) is 12. The van der Waals surface area contributed by atoms with Gasteiger partial charge in [-0.1, -0.05) is 0 Å². The van der Waals surface area contributed by atoms with Gasteiger partial charge in [-0.15, -0.1) is 0 Å². The van der Waals surface area contributed by atoms with Crippen LogP contribution in [0, 0.1) is 0 Å². The van der Waals surface area contributed by atoms with Crippen LogP contribution in [0.5, 0.6) is 0 Å². The van der Waals surface area contributed by atoms with Crippen molar-refractivity contribution in [1.82, 2.24) is 10.6 Å². The maximum Gasteiger partial charge on any atom is 0.185 e. The Morgan fingerprint density at radius 3 is 2.15 bits per heavy atom. The fraction of sp³-hybridized carbons (Fsp3) is 1.00. The molecule has 12 heteroatoms. The Morgan fingerprint density at radius 2 is 1.58 bits per heavy atom. The summed E-state index contributed by atoms with van der Waals surface area (Å²) in [6.45, 7) is 3.52. The predicted molar refractivity (Wildman–Crippen MR) is 120 cm³/mol. The fourth-order valence-corrected chi connectivity index (χ4v) is 5.04. The molecule has 1 saturated carbocycles. The molecule has 3 fully saturated rings. The van der Waals surface area contributed by atoms with Gasteiger partial charge in [0.25, 0.3) is 0 Å². The van der Waals surface area contributed by atoms with Crippen molar-refractivity contribution in [3.05, 3.63) is 0 Å². The molecule has 0 aromatic rings. The van der Waals surface area contributed by atoms with Crippen LogP contribution in [0.25, 0.3) is 0 Å². The zero-order valence-corrected chi connectivity index (χ0v) is 20.0. The lowest BCUT2D eigenvalue weighted by Crippen LogP contribution is -2.68. The Bertz CT molecular complexity index is 632. The summed E-state index contributed by atoms with van der Waals surface area (Å²) >= 11 is 0. The Kier molecular flexibility index (Phi) is 9.09. The maximum absolute atomic E-state index is 11.1. The van der Waals surface area contributed by atoms with Gasteiger partial charge in [0.1, 0.15) is 30.0 Å². The molecule has 3 aliphatic rings. The number of nitrogens with two attached hydrogens (primary N) is 3. The molecule has 2 aliphatic heterocycles. The van der Waals surface area contributed by atoms with Crippen molar-refractivity contribution in [1.29, 1.82) is 0 Å². The van der Waals surface area contributed by atoms with Gasteiger partial charge in [0, 0.05) is 18.1 Å². The van der Waals surface area contributed by atoms with Gasteiger partial charge in [0.05, 0.1) is 24.8 Å². The Hall–Kier alpha value is -0.480. The first-order chi connectivity index (χ1) is 15.5. The van der Waals surface area contributed by atoms with Gasteiger partial charge < -0.3 is 62.1 Å². The molecule has 1 aliphatic carbocycles. The van der Waals surface area contributed by atoms with Crippen molar-refractivity contribution in [3.8, 4) is 0 Å². The first-order valence-corrected chi connectivity index (χ1v) is 11.8. The maximum atomic E-state index is 11.1. The lowest BCUT2D eigenvalue weighted by molar-refractivity contribution is -0.307. The van der Waals surface area contributed by atoms with Crippen LogP contribution >= 0.6 is 0 Å². The third-order valence-corrected chi connectivity index (χ3v) is 7.24. The van der Waals surface area contributed by atoms with E-state index in [4.69, 9.17) is 36.1 Å². The highest BCUT2D eigenvalue weighted by Crippen LogP contribution is 2.31. The van der Waals surface area contributed by atoms with E-state index in [1.165, 1.54) is 0 Å². The minimum atomic E-state index is -1.29. The SMILES string of the molecule is CNC1[C@H](O)C(O[C@@H]2C(O)C(O[C@H]3O[C@H]([C@@H](C)NC)CC[C@H]3N)[C@@H](N)C[C@H]2N)OC[C@]1(C)O. The number of aliphatic hydroxyl groups excluding tert-OH is 2. The fourth-order valence-electron chi connectivity index (χ4n) is 5.04. The largest absolute Gasteiger partial charge is 0.388 e. The molecular formula is C21H43N5O7. The molecule has 33 heavy (non-hydrogen) atoms. The van der Waals surface area contributed by atoms with E-state index in [1.54, 1.807) is 14.0 Å². The third-order valence-electron chi connectivity index (χ3n) is 7.24. The average Bonchev–Trinajstić information content (AvgIpc) is 2.76. The highest BCUT2D eigenvalue weighted by molar-refractivity contribution is 5.02. The number of likely N-dealkylation sites (N-methyl/N-ethyl adjacent to an activating group) is 2. The number of ether oxygens (including phenoxy) is 4. The second kappa shape index (κ2) is 11.1. The Labute approximate surface area is 195 Å². The van der Waals surface area contributed by atoms with E-state index < -0.39 is 60.7 Å². The summed E-state index contributed by atoms with van der Waals surface area (Å²) in [6, 6.07) is -2.11. The molecule has 11 N–H and O–H groups in total. The Balaban J connectivity index is 1.68. The van der Waals surface area contributed by atoms with Crippen LogP contribution in [0.4, 0.5) is 0 Å². The third kappa shape index (κ3) is 5.85. The van der Waals surface area contributed by atoms with E-state index in [1.807, 2.05) is 14.0 Å². The number of nitrogens with one attached hydrogen (secondary N) is 2. The van der Waals surface area contributed by atoms with E-state index in [0.717, 1.165) is 6.42 Å². The van der Waals surface area contributed by atoms with Crippen molar-refractivity contribution in [2.75, 3.05) is 20.7 Å². The van der Waals surface area contributed by atoms with Crippen LogP contribution in [0.1, 0.15) is 33.1 Å². The van der Waals surface area contributed by atoms with Crippen LogP contribution in [0.15, 0.2) is 0 Å². The van der Waals surface area contributed by atoms with Crippen LogP contribution in [0.2, 0.25) is 0 Å². The first-order valence-electron chi connectivity index (χ1n) is 11.8. The van der Waals surface area contributed by atoms with Crippen LogP contribution in [0.3, 0.4) is 0 Å². The molecule has 2 saturated heterocycles. The first kappa shape index (κ1) is 27.1. The number of rotatable bonds is 7. The molecule has 2 heterocycles. The van der Waals surface area contributed by atoms with E-state index >= 15 is 0 Å². The minimum Gasteiger partial charge on any atom is -0.388 e. The normalized spacial score (nSPS) is 50.2. The molecule has 4 unspecified atom stereocenters. The number of hydrogen-bond donors (Lipinski definition) is 8. The molecule has 0 aromatic carbocycles. The van der Waals surface area contributed by atoms with Crippen LogP contribution in [-0.4, -0.2) is 115 Å². The van der Waals surface area contributed by atoms with Crippen LogP contribution in [-0.2, 0) is 18.9 Å². The summed E-state index contributed by atoms with van der Waals surface area (Å²) in [6.07, 6.45) is -4.22. The topological polar surface area (TPSA) is 200 Å². The van der Waals surface area contributed by atoms with Crippen molar-refractivity contribution in [3.63, 3.8) is 0 Å². The van der Waals surface area contributed by atoms with Gasteiger partial charge in [0.2, 0.25) is 0 Å². The van der Waals surface area contributed by atoms with Gasteiger partial charge in [-0.2, -0.15) is 0 Å². The zero-order chi connectivity index (χ0) is 24.5. The van der Waals surface area contributed by atoms with Gasteiger partial charge in [-0.3, -0.25) is 0 Å². The minimum absolute atomic E-state index is 0.0620. The summed E-state index contributed by atoms with van der Waals surface area (Å²) < 4.78 is 23.7. The monoisotopic (exact) mass is 477 g/mol. The average molecular weight is 478 g/mol. The summed E-state index contributed by atoms with van der Waals surface area (Å²) in [7, 11) is 3.49. The molecule has 13 atom stereocenters. The summed E-state index contributed by atoms with van der Waals surface area (Å²) in [5.41, 5.74) is 17.5. The van der Waals surface area contributed by atoms with Gasteiger partial charge in [-0.05, 0) is 47.2 Å². The van der Waals surface area contributed by atoms with E-state index in [0.29, 0.717) is 12.8 Å². The molecule has 194 valence electrons. The Morgan fingerprint density at radius 1 is 0.970 bits per heavy atom. The summed E-state index contributed by atoms with van der Waals surface area (Å²) in [4.78, 5) is 0. The van der Waals surface area contributed by atoms with Crippen molar-refractivity contribution < 1.29 is 34.3 Å². The van der Waals surface area contributed by atoms with Crippen molar-refractivity contribution in [2.45, 2.75) is 112 Å². The summed E-state index contributed by atoms with van der Waals surface area (Å²) in [5.74, 6) is 0. The lowest BCUT2D eigenvalue weighted by Gasteiger charge is -2.48. The molecular weight excluding hydrogens is 434 g/mol. The standard InChI is InChI=1S/C21H43N5O7/c1-9(25-3)13-6-5-10(22)19(31-13)32-16-11(23)7-12(24)17(14(16)27)33-20-15(28)18(26-4)21(2,29)8-30-20/h9-20,25-29H,5-8,22-24H2,1-4H3/t9-,10-,11+,12-,13+,14?,15+,16?,17+,18?,19-,20?,21+/m1/s1. The smallest absolute Gasteiger partial charge is 0.185 e. The zero-order valence-electron chi connectivity index (χ0n) is 20.0. The number of aliphatic hydroxyl groups is 3. The van der Waals surface area contributed by atoms with Gasteiger partial charge >= 0.3 is 0 Å². The van der Waals surface area contributed by atoms with E-state index in [2.05, 4.69) is 10.6 Å². The van der Waals surface area contributed by atoms with Gasteiger partial charge in [0.15, 0.2) is 12.6 Å². The van der Waals surface area contributed by atoms with E-state index in [9.17, 15) is 15.3 Å². The second-order valence-electron chi connectivity index (χ2n) is 9.91. The van der Waals surface area contributed by atoms with Crippen LogP contribution < -0.4 is 27.8 Å². The summed E-state index contributed by atoms with van der Waals surface area (Å²) in [5, 5.41) is 38.3. The second-order valence-corrected chi connectivity index (χ2v) is 9.91. The van der Waals surface area contributed by atoms with Crippen molar-refractivity contribution >= 4 is 0 Å². The molecule has 0 radical (unpaired) electrons. The highest BCUT2D eigenvalue weighted by atomic mass is 16.7. The molecule has 12 nitrogen and oxygen atoms in total. The molecule has 0 aromatic heterocycles. The quantitative estimate of drug-likeness (QED) is 0.182. The molecule has 0 spiro atoms. The molecule has 3 rings (SSSR count). The van der Waals surface area contributed by atoms with E-state index in [-0.39, 0.29) is 24.8 Å². The molecule has 0 amide bonds. The van der Waals surface area contributed by atoms with Crippen molar-refractivity contribution in [2.24, 2.45) is 17.2 Å². The lowest BCUT2D eigenvalue weighted by atomic mass is 9.84. The predicted octanol–water partition coefficient (Wildman–Crippen LogP) is -3.33. The molecule has 0 bridgehead atoms. The highest BCUT2D eigenvalue weighted by Gasteiger charge is 2.50. The van der Waals surface area contributed by atoms with Gasteiger partial charge in [-0.25, -0.2) is 0 Å².